The molecule has 1 heterocycles. The first-order chi connectivity index (χ1) is 16.6. The van der Waals surface area contributed by atoms with Gasteiger partial charge in [0.1, 0.15) is 5.75 Å². The number of anilines is 1. The Bertz CT molecular complexity index is 1320. The summed E-state index contributed by atoms with van der Waals surface area (Å²) in [6.07, 6.45) is 0. The van der Waals surface area contributed by atoms with Gasteiger partial charge in [-0.15, -0.1) is 0 Å². The van der Waals surface area contributed by atoms with Crippen LogP contribution >= 0.6 is 23.2 Å². The zero-order valence-electron chi connectivity index (χ0n) is 18.1. The van der Waals surface area contributed by atoms with Gasteiger partial charge in [-0.2, -0.15) is 13.8 Å². The second kappa shape index (κ2) is 11.7. The Labute approximate surface area is 207 Å². The molecule has 0 atom stereocenters. The van der Waals surface area contributed by atoms with E-state index in [1.807, 2.05) is 0 Å². The summed E-state index contributed by atoms with van der Waals surface area (Å²) < 4.78 is 31.8. The van der Waals surface area contributed by atoms with Crippen molar-refractivity contribution in [2.24, 2.45) is 16.5 Å². The van der Waals surface area contributed by atoms with Crippen LogP contribution in [0.1, 0.15) is 11.1 Å². The van der Waals surface area contributed by atoms with Gasteiger partial charge in [0.25, 0.3) is 0 Å². The van der Waals surface area contributed by atoms with Crippen molar-refractivity contribution < 1.29 is 13.5 Å². The van der Waals surface area contributed by atoms with E-state index < -0.39 is 18.0 Å². The average Bonchev–Trinajstić information content (AvgIpc) is 2.75. The number of ether oxygens (including phenoxy) is 1. The number of benzene rings is 2. The molecule has 0 unspecified atom stereocenters. The van der Waals surface area contributed by atoms with Crippen LogP contribution in [-0.4, -0.2) is 39.8 Å². The third-order valence-corrected chi connectivity index (χ3v) is 5.00. The maximum atomic E-state index is 13.4. The van der Waals surface area contributed by atoms with Gasteiger partial charge >= 0.3 is 18.0 Å². The molecular weight excluding hydrogens is 507 g/mol. The molecule has 0 radical (unpaired) electrons. The van der Waals surface area contributed by atoms with E-state index in [1.54, 1.807) is 18.2 Å². The fraction of sp³-hybridized carbons (Fsp3) is 0.238. The molecule has 0 saturated heterocycles. The molecule has 1 aromatic heterocycles. The number of guanidine groups is 1. The van der Waals surface area contributed by atoms with E-state index in [2.05, 4.69) is 20.0 Å². The lowest BCUT2D eigenvalue weighted by atomic mass is 10.2. The zero-order valence-corrected chi connectivity index (χ0v) is 19.6. The number of rotatable bonds is 10. The first kappa shape index (κ1) is 26.0. The number of hydrogen-bond donors (Lipinski definition) is 3. The van der Waals surface area contributed by atoms with Crippen LogP contribution in [0.2, 0.25) is 10.0 Å². The highest BCUT2D eigenvalue weighted by Gasteiger charge is 2.15. The van der Waals surface area contributed by atoms with Crippen molar-refractivity contribution in [3.05, 3.63) is 84.6 Å². The lowest BCUT2D eigenvalue weighted by Gasteiger charge is -2.16. The van der Waals surface area contributed by atoms with E-state index in [0.717, 1.165) is 4.57 Å². The summed E-state index contributed by atoms with van der Waals surface area (Å²) in [5.41, 5.74) is 10.1. The van der Waals surface area contributed by atoms with Crippen LogP contribution in [-0.2, 0) is 13.1 Å². The number of hydrogen-bond acceptors (Lipinski definition) is 6. The van der Waals surface area contributed by atoms with Crippen molar-refractivity contribution in [2.75, 3.05) is 18.4 Å². The molecule has 0 spiro atoms. The van der Waals surface area contributed by atoms with Gasteiger partial charge in [-0.1, -0.05) is 35.3 Å². The van der Waals surface area contributed by atoms with Gasteiger partial charge in [0.2, 0.25) is 5.95 Å². The van der Waals surface area contributed by atoms with E-state index in [-0.39, 0.29) is 43.8 Å². The van der Waals surface area contributed by atoms with Crippen molar-refractivity contribution in [1.82, 2.24) is 14.1 Å². The predicted molar refractivity (Wildman–Crippen MR) is 130 cm³/mol. The highest BCUT2D eigenvalue weighted by atomic mass is 35.5. The van der Waals surface area contributed by atoms with E-state index in [4.69, 9.17) is 34.7 Å². The standard InChI is InChI=1S/C21H21Cl2F2N7O3/c22-14-6-13(7-15(23)9-14)11-32-20(33)30-19(29-5-4-28-18(26)27)31(21(32)34)10-12-2-1-3-16(8-12)35-17(24)25/h1-3,6-9,17H,4-5,10-11H2,(H4,26,27,28)(H,29,30,33). The van der Waals surface area contributed by atoms with Crippen LogP contribution < -0.4 is 32.9 Å². The van der Waals surface area contributed by atoms with Crippen LogP contribution in [0.4, 0.5) is 14.7 Å². The largest absolute Gasteiger partial charge is 0.435 e. The highest BCUT2D eigenvalue weighted by molar-refractivity contribution is 6.34. The van der Waals surface area contributed by atoms with Crippen LogP contribution in [0.25, 0.3) is 0 Å². The second-order valence-corrected chi connectivity index (χ2v) is 8.08. The Morgan fingerprint density at radius 1 is 1.06 bits per heavy atom. The van der Waals surface area contributed by atoms with Gasteiger partial charge in [-0.05, 0) is 41.5 Å². The van der Waals surface area contributed by atoms with E-state index in [0.29, 0.717) is 21.2 Å². The SMILES string of the molecule is NC(N)=NCCNc1nc(=O)n(Cc2cc(Cl)cc(Cl)c2)c(=O)n1Cc1cccc(OC(F)F)c1. The van der Waals surface area contributed by atoms with E-state index in [1.165, 1.54) is 28.8 Å². The molecular formula is C21H21Cl2F2N7O3. The number of alkyl halides is 2. The molecule has 35 heavy (non-hydrogen) atoms. The summed E-state index contributed by atoms with van der Waals surface area (Å²) in [4.78, 5) is 33.9. The lowest BCUT2D eigenvalue weighted by Crippen LogP contribution is -2.43. The Balaban J connectivity index is 2.01. The number of halogens is 4. The number of aromatic nitrogens is 3. The van der Waals surface area contributed by atoms with Crippen LogP contribution in [0.3, 0.4) is 0 Å². The predicted octanol–water partition coefficient (Wildman–Crippen LogP) is 2.10. The monoisotopic (exact) mass is 527 g/mol. The lowest BCUT2D eigenvalue weighted by molar-refractivity contribution is -0.0498. The van der Waals surface area contributed by atoms with Gasteiger partial charge < -0.3 is 21.5 Å². The molecule has 0 aliphatic carbocycles. The third-order valence-electron chi connectivity index (χ3n) is 4.57. The number of nitrogens with zero attached hydrogens (tertiary/aromatic N) is 4. The van der Waals surface area contributed by atoms with Crippen molar-refractivity contribution in [2.45, 2.75) is 19.7 Å². The molecule has 0 bridgehead atoms. The van der Waals surface area contributed by atoms with Gasteiger partial charge in [0, 0.05) is 16.6 Å². The maximum Gasteiger partial charge on any atom is 0.387 e. The van der Waals surface area contributed by atoms with E-state index in [9.17, 15) is 18.4 Å². The fourth-order valence-corrected chi connectivity index (χ4v) is 3.75. The molecule has 186 valence electrons. The summed E-state index contributed by atoms with van der Waals surface area (Å²) >= 11 is 12.1. The number of nitrogens with one attached hydrogen (secondary N) is 1. The minimum absolute atomic E-state index is 0.0497. The summed E-state index contributed by atoms with van der Waals surface area (Å²) in [6, 6.07) is 10.5. The second-order valence-electron chi connectivity index (χ2n) is 7.21. The number of aliphatic imine (C=N–C) groups is 1. The molecule has 5 N–H and O–H groups in total. The summed E-state index contributed by atoms with van der Waals surface area (Å²) in [5.74, 6) is -0.252. The molecule has 0 saturated carbocycles. The first-order valence-electron chi connectivity index (χ1n) is 10.1. The Kier molecular flexibility index (Phi) is 8.66. The van der Waals surface area contributed by atoms with Gasteiger partial charge in [0.05, 0.1) is 19.6 Å². The van der Waals surface area contributed by atoms with Gasteiger partial charge in [-0.3, -0.25) is 9.56 Å². The molecule has 14 heteroatoms. The molecule has 0 aliphatic heterocycles. The molecule has 2 aromatic carbocycles. The van der Waals surface area contributed by atoms with Crippen LogP contribution in [0, 0.1) is 0 Å². The quantitative estimate of drug-likeness (QED) is 0.208. The Morgan fingerprint density at radius 2 is 1.74 bits per heavy atom. The van der Waals surface area contributed by atoms with Gasteiger partial charge in [-0.25, -0.2) is 14.2 Å². The average molecular weight is 528 g/mol. The normalized spacial score (nSPS) is 10.9. The molecule has 3 rings (SSSR count). The summed E-state index contributed by atoms with van der Waals surface area (Å²) in [7, 11) is 0. The maximum absolute atomic E-state index is 13.4. The van der Waals surface area contributed by atoms with Crippen molar-refractivity contribution >= 4 is 35.1 Å². The summed E-state index contributed by atoms with van der Waals surface area (Å²) in [5, 5.41) is 3.53. The topological polar surface area (TPSA) is 143 Å². The molecule has 0 fully saturated rings. The smallest absolute Gasteiger partial charge is 0.387 e. The minimum Gasteiger partial charge on any atom is -0.435 e. The first-order valence-corrected chi connectivity index (χ1v) is 10.9. The van der Waals surface area contributed by atoms with Crippen molar-refractivity contribution in [3.63, 3.8) is 0 Å². The Morgan fingerprint density at radius 3 is 2.40 bits per heavy atom. The van der Waals surface area contributed by atoms with E-state index >= 15 is 0 Å². The van der Waals surface area contributed by atoms with Crippen LogP contribution in [0.15, 0.2) is 57.0 Å². The molecule has 0 aliphatic rings. The summed E-state index contributed by atoms with van der Waals surface area (Å²) in [6.45, 7) is -2.94. The molecule has 10 nitrogen and oxygen atoms in total. The van der Waals surface area contributed by atoms with Crippen molar-refractivity contribution in [1.29, 1.82) is 0 Å². The number of nitrogens with two attached hydrogens (primary N) is 2. The highest BCUT2D eigenvalue weighted by Crippen LogP contribution is 2.20. The third kappa shape index (κ3) is 7.42. The minimum atomic E-state index is -3.01. The molecule has 3 aromatic rings. The zero-order chi connectivity index (χ0) is 25.5. The van der Waals surface area contributed by atoms with Gasteiger partial charge in [0.15, 0.2) is 5.96 Å². The Hall–Kier alpha value is -3.64. The fourth-order valence-electron chi connectivity index (χ4n) is 3.18. The van der Waals surface area contributed by atoms with Crippen molar-refractivity contribution in [3.8, 4) is 5.75 Å². The molecule has 0 amide bonds. The van der Waals surface area contributed by atoms with Crippen LogP contribution in [0.5, 0.6) is 5.75 Å².